The van der Waals surface area contributed by atoms with Gasteiger partial charge in [-0.3, -0.25) is 9.69 Å². The van der Waals surface area contributed by atoms with Crippen LogP contribution in [0.5, 0.6) is 0 Å². The van der Waals surface area contributed by atoms with E-state index in [0.717, 1.165) is 13.1 Å². The molecule has 0 aromatic carbocycles. The number of hydrogen-bond acceptors (Lipinski definition) is 4. The predicted octanol–water partition coefficient (Wildman–Crippen LogP) is 0.830. The maximum atomic E-state index is 11.7. The molecule has 94 valence electrons. The van der Waals surface area contributed by atoms with Crippen LogP contribution in [0.15, 0.2) is 12.1 Å². The number of hydrogen-bond donors (Lipinski definition) is 1. The highest BCUT2D eigenvalue weighted by atomic mass is 32.1. The van der Waals surface area contributed by atoms with Crippen LogP contribution in [0.4, 0.5) is 0 Å². The van der Waals surface area contributed by atoms with E-state index in [0.29, 0.717) is 13.1 Å². The van der Waals surface area contributed by atoms with Crippen molar-refractivity contribution in [3.63, 3.8) is 0 Å². The smallest absolute Gasteiger partial charge is 0.236 e. The minimum atomic E-state index is 0.183. The van der Waals surface area contributed by atoms with E-state index in [-0.39, 0.29) is 11.9 Å². The van der Waals surface area contributed by atoms with Gasteiger partial charge in [0.05, 0.1) is 12.6 Å². The zero-order valence-electron chi connectivity index (χ0n) is 10.3. The lowest BCUT2D eigenvalue weighted by molar-refractivity contribution is -0.135. The van der Waals surface area contributed by atoms with Gasteiger partial charge in [0.15, 0.2) is 0 Å². The highest BCUT2D eigenvalue weighted by molar-refractivity contribution is 7.12. The van der Waals surface area contributed by atoms with Crippen molar-refractivity contribution < 1.29 is 4.79 Å². The van der Waals surface area contributed by atoms with Crippen LogP contribution in [0, 0.1) is 6.92 Å². The molecule has 4 nitrogen and oxygen atoms in total. The van der Waals surface area contributed by atoms with Crippen molar-refractivity contribution in [1.82, 2.24) is 9.80 Å². The Morgan fingerprint density at radius 2 is 2.24 bits per heavy atom. The Hall–Kier alpha value is -0.910. The molecule has 1 saturated heterocycles. The lowest BCUT2D eigenvalue weighted by atomic mass is 10.1. The number of carbonyl (C=O) groups is 1. The molecule has 1 aliphatic heterocycles. The molecule has 0 aliphatic carbocycles. The maximum absolute atomic E-state index is 11.7. The van der Waals surface area contributed by atoms with Crippen molar-refractivity contribution in [1.29, 1.82) is 0 Å². The van der Waals surface area contributed by atoms with E-state index in [1.54, 1.807) is 16.2 Å². The molecule has 1 aromatic heterocycles. The fourth-order valence-corrected chi connectivity index (χ4v) is 3.15. The minimum absolute atomic E-state index is 0.183. The van der Waals surface area contributed by atoms with Crippen LogP contribution in [0.25, 0.3) is 0 Å². The Labute approximate surface area is 106 Å². The molecule has 1 aliphatic rings. The molecular weight excluding hydrogens is 234 g/mol. The van der Waals surface area contributed by atoms with Crippen molar-refractivity contribution in [3.05, 3.63) is 21.9 Å². The quantitative estimate of drug-likeness (QED) is 0.868. The van der Waals surface area contributed by atoms with Crippen molar-refractivity contribution in [2.24, 2.45) is 5.73 Å². The van der Waals surface area contributed by atoms with Gasteiger partial charge in [-0.1, -0.05) is 0 Å². The number of nitrogens with two attached hydrogens (primary N) is 1. The summed E-state index contributed by atoms with van der Waals surface area (Å²) in [4.78, 5) is 18.2. The average Bonchev–Trinajstić information content (AvgIpc) is 2.71. The monoisotopic (exact) mass is 253 g/mol. The van der Waals surface area contributed by atoms with Crippen molar-refractivity contribution >= 4 is 17.2 Å². The molecule has 0 spiro atoms. The third-order valence-corrected chi connectivity index (χ3v) is 4.34. The first-order valence-corrected chi connectivity index (χ1v) is 6.68. The minimum Gasteiger partial charge on any atom is -0.343 e. The van der Waals surface area contributed by atoms with Crippen LogP contribution >= 0.6 is 11.3 Å². The standard InChI is InChI=1S/C12H19N3OS/c1-9-3-4-11(17-9)10(7-13)15-6-5-14(2)12(16)8-15/h3-4,10H,5-8,13H2,1-2H3. The highest BCUT2D eigenvalue weighted by Gasteiger charge is 2.27. The van der Waals surface area contributed by atoms with Crippen molar-refractivity contribution in [2.75, 3.05) is 33.2 Å². The van der Waals surface area contributed by atoms with Crippen LogP contribution in [0.2, 0.25) is 0 Å². The summed E-state index contributed by atoms with van der Waals surface area (Å²) in [5.41, 5.74) is 5.87. The lowest BCUT2D eigenvalue weighted by Crippen LogP contribution is -2.50. The van der Waals surface area contributed by atoms with Gasteiger partial charge in [-0.2, -0.15) is 0 Å². The number of piperazine rings is 1. The zero-order chi connectivity index (χ0) is 12.4. The van der Waals surface area contributed by atoms with E-state index in [4.69, 9.17) is 5.73 Å². The van der Waals surface area contributed by atoms with Crippen LogP contribution in [-0.2, 0) is 4.79 Å². The molecule has 2 N–H and O–H groups in total. The second kappa shape index (κ2) is 5.16. The van der Waals surface area contributed by atoms with Gasteiger partial charge in [-0.15, -0.1) is 11.3 Å². The molecule has 1 unspecified atom stereocenters. The summed E-state index contributed by atoms with van der Waals surface area (Å²) in [5, 5.41) is 0. The molecule has 0 radical (unpaired) electrons. The number of aryl methyl sites for hydroxylation is 1. The first-order valence-electron chi connectivity index (χ1n) is 5.86. The molecule has 0 saturated carbocycles. The topological polar surface area (TPSA) is 49.6 Å². The van der Waals surface area contributed by atoms with Crippen LogP contribution in [0.3, 0.4) is 0 Å². The number of thiophene rings is 1. The maximum Gasteiger partial charge on any atom is 0.236 e. The summed E-state index contributed by atoms with van der Waals surface area (Å²) in [5.74, 6) is 0.183. The Kier molecular flexibility index (Phi) is 3.81. The van der Waals surface area contributed by atoms with Gasteiger partial charge in [-0.05, 0) is 19.1 Å². The van der Waals surface area contributed by atoms with E-state index in [9.17, 15) is 4.79 Å². The van der Waals surface area contributed by atoms with E-state index in [2.05, 4.69) is 24.0 Å². The van der Waals surface area contributed by atoms with Gasteiger partial charge < -0.3 is 10.6 Å². The SMILES string of the molecule is Cc1ccc(C(CN)N2CCN(C)C(=O)C2)s1. The summed E-state index contributed by atoms with van der Waals surface area (Å²) in [6, 6.07) is 4.42. The average molecular weight is 253 g/mol. The molecule has 1 atom stereocenters. The van der Waals surface area contributed by atoms with Crippen LogP contribution in [0.1, 0.15) is 15.8 Å². The van der Waals surface area contributed by atoms with E-state index < -0.39 is 0 Å². The molecular formula is C12H19N3OS. The Balaban J connectivity index is 2.11. The molecule has 1 fully saturated rings. The molecule has 2 rings (SSSR count). The largest absolute Gasteiger partial charge is 0.343 e. The summed E-state index contributed by atoms with van der Waals surface area (Å²) in [7, 11) is 1.85. The molecule has 1 amide bonds. The summed E-state index contributed by atoms with van der Waals surface area (Å²) in [6.07, 6.45) is 0. The number of amides is 1. The molecule has 1 aromatic rings. The van der Waals surface area contributed by atoms with Gasteiger partial charge in [0, 0.05) is 36.4 Å². The predicted molar refractivity (Wildman–Crippen MR) is 70.1 cm³/mol. The number of rotatable bonds is 3. The number of carbonyl (C=O) groups excluding carboxylic acids is 1. The third-order valence-electron chi connectivity index (χ3n) is 3.24. The normalized spacial score (nSPS) is 19.7. The van der Waals surface area contributed by atoms with Crippen LogP contribution in [-0.4, -0.2) is 48.9 Å². The Bertz CT molecular complexity index is 404. The summed E-state index contributed by atoms with van der Waals surface area (Å²) < 4.78 is 0. The van der Waals surface area contributed by atoms with E-state index in [1.807, 2.05) is 7.05 Å². The Morgan fingerprint density at radius 3 is 2.76 bits per heavy atom. The highest BCUT2D eigenvalue weighted by Crippen LogP contribution is 2.27. The lowest BCUT2D eigenvalue weighted by Gasteiger charge is -2.36. The first kappa shape index (κ1) is 12.5. The summed E-state index contributed by atoms with van der Waals surface area (Å²) in [6.45, 7) is 4.84. The van der Waals surface area contributed by atoms with Gasteiger partial charge in [0.1, 0.15) is 0 Å². The van der Waals surface area contributed by atoms with E-state index >= 15 is 0 Å². The molecule has 17 heavy (non-hydrogen) atoms. The fraction of sp³-hybridized carbons (Fsp3) is 0.583. The zero-order valence-corrected chi connectivity index (χ0v) is 11.2. The van der Waals surface area contributed by atoms with Gasteiger partial charge in [-0.25, -0.2) is 0 Å². The van der Waals surface area contributed by atoms with Crippen molar-refractivity contribution in [2.45, 2.75) is 13.0 Å². The fourth-order valence-electron chi connectivity index (χ4n) is 2.12. The number of likely N-dealkylation sites (N-methyl/N-ethyl adjacent to an activating group) is 1. The van der Waals surface area contributed by atoms with Gasteiger partial charge in [0.2, 0.25) is 5.91 Å². The summed E-state index contributed by atoms with van der Waals surface area (Å²) >= 11 is 1.77. The van der Waals surface area contributed by atoms with Crippen molar-refractivity contribution in [3.8, 4) is 0 Å². The second-order valence-electron chi connectivity index (χ2n) is 4.49. The van der Waals surface area contributed by atoms with Gasteiger partial charge in [0.25, 0.3) is 0 Å². The van der Waals surface area contributed by atoms with Crippen LogP contribution < -0.4 is 5.73 Å². The molecule has 5 heteroatoms. The Morgan fingerprint density at radius 1 is 1.47 bits per heavy atom. The van der Waals surface area contributed by atoms with Gasteiger partial charge >= 0.3 is 0 Å². The molecule has 2 heterocycles. The third kappa shape index (κ3) is 2.68. The van der Waals surface area contributed by atoms with E-state index in [1.165, 1.54) is 9.75 Å². The molecule has 0 bridgehead atoms. The number of nitrogens with zero attached hydrogens (tertiary/aromatic N) is 2. The second-order valence-corrected chi connectivity index (χ2v) is 5.81. The first-order chi connectivity index (χ1) is 8.11.